The van der Waals surface area contributed by atoms with Gasteiger partial charge < -0.3 is 14.7 Å². The molecule has 8 nitrogen and oxygen atoms in total. The topological polar surface area (TPSA) is 85.9 Å². The lowest BCUT2D eigenvalue weighted by atomic mass is 9.88. The summed E-state index contributed by atoms with van der Waals surface area (Å²) in [6, 6.07) is 30.4. The van der Waals surface area contributed by atoms with E-state index in [1.807, 2.05) is 81.9 Å². The first-order chi connectivity index (χ1) is 21.5. The van der Waals surface area contributed by atoms with Gasteiger partial charge in [0.1, 0.15) is 0 Å². The minimum atomic E-state index is -0.221. The van der Waals surface area contributed by atoms with E-state index in [9.17, 15) is 14.4 Å². The number of nitrogens with one attached hydrogen (secondary N) is 1. The third-order valence-electron chi connectivity index (χ3n) is 8.06. The maximum absolute atomic E-state index is 13.7. The molecule has 4 amide bonds. The van der Waals surface area contributed by atoms with Gasteiger partial charge in [-0.05, 0) is 24.0 Å². The van der Waals surface area contributed by atoms with Crippen LogP contribution in [0.4, 0.5) is 9.93 Å². The van der Waals surface area contributed by atoms with Crippen LogP contribution in [0, 0.1) is 0 Å². The average Bonchev–Trinajstić information content (AvgIpc) is 3.53. The molecule has 1 fully saturated rings. The monoisotopic (exact) mass is 609 g/mol. The lowest BCUT2D eigenvalue weighted by Crippen LogP contribution is -2.50. The molecule has 2 heterocycles. The molecule has 5 rings (SSSR count). The highest BCUT2D eigenvalue weighted by Crippen LogP contribution is 2.29. The lowest BCUT2D eigenvalue weighted by Gasteiger charge is -2.34. The molecule has 3 aromatic carbocycles. The summed E-state index contributed by atoms with van der Waals surface area (Å²) in [6.45, 7) is 4.74. The van der Waals surface area contributed by atoms with Crippen LogP contribution in [0.25, 0.3) is 11.3 Å². The van der Waals surface area contributed by atoms with E-state index in [1.54, 1.807) is 11.8 Å². The van der Waals surface area contributed by atoms with E-state index in [2.05, 4.69) is 34.6 Å². The Kier molecular flexibility index (Phi) is 10.8. The quantitative estimate of drug-likeness (QED) is 0.215. The maximum Gasteiger partial charge on any atom is 0.323 e. The van der Waals surface area contributed by atoms with Gasteiger partial charge in [0.25, 0.3) is 0 Å². The normalized spacial score (nSPS) is 13.1. The van der Waals surface area contributed by atoms with Crippen LogP contribution in [0.3, 0.4) is 0 Å². The summed E-state index contributed by atoms with van der Waals surface area (Å²) in [7, 11) is 0. The van der Waals surface area contributed by atoms with E-state index in [4.69, 9.17) is 0 Å². The number of aromatic nitrogens is 1. The van der Waals surface area contributed by atoms with Gasteiger partial charge in [-0.1, -0.05) is 91.0 Å². The van der Waals surface area contributed by atoms with Gasteiger partial charge in [-0.15, -0.1) is 11.3 Å². The molecule has 0 spiro atoms. The SMILES string of the molecule is CC(=O)N1CCN(C(=O)CCCN(CCC(c2ccccc2)c2ccccc2)C(=O)Nc2nc(-c3ccccc3)cs2)CC1. The molecule has 0 saturated carbocycles. The summed E-state index contributed by atoms with van der Waals surface area (Å²) in [6.07, 6.45) is 1.63. The number of carbonyl (C=O) groups excluding carboxylic acids is 3. The Balaban J connectivity index is 1.26. The van der Waals surface area contributed by atoms with E-state index < -0.39 is 0 Å². The number of carbonyl (C=O) groups is 3. The molecule has 9 heteroatoms. The Hall–Kier alpha value is -4.50. The Labute approximate surface area is 263 Å². The summed E-state index contributed by atoms with van der Waals surface area (Å²) in [5.74, 6) is 0.225. The first kappa shape index (κ1) is 30.9. The summed E-state index contributed by atoms with van der Waals surface area (Å²) in [5.41, 5.74) is 4.22. The molecule has 1 aliphatic rings. The van der Waals surface area contributed by atoms with Crippen molar-refractivity contribution in [1.82, 2.24) is 19.7 Å². The summed E-state index contributed by atoms with van der Waals surface area (Å²) < 4.78 is 0. The molecule has 1 saturated heterocycles. The Morgan fingerprint density at radius 1 is 0.818 bits per heavy atom. The summed E-state index contributed by atoms with van der Waals surface area (Å²) in [4.78, 5) is 48.4. The molecule has 0 unspecified atom stereocenters. The number of thiazole rings is 1. The number of hydrogen-bond acceptors (Lipinski definition) is 5. The van der Waals surface area contributed by atoms with Crippen LogP contribution in [0.2, 0.25) is 0 Å². The van der Waals surface area contributed by atoms with Crippen LogP contribution in [0.5, 0.6) is 0 Å². The number of benzene rings is 3. The molecular weight excluding hydrogens is 570 g/mol. The highest BCUT2D eigenvalue weighted by Gasteiger charge is 2.24. The third kappa shape index (κ3) is 8.32. The van der Waals surface area contributed by atoms with Crippen LogP contribution >= 0.6 is 11.3 Å². The number of hydrogen-bond donors (Lipinski definition) is 1. The van der Waals surface area contributed by atoms with Crippen molar-refractivity contribution < 1.29 is 14.4 Å². The summed E-state index contributed by atoms with van der Waals surface area (Å²) >= 11 is 1.40. The smallest absolute Gasteiger partial charge is 0.323 e. The molecule has 1 aliphatic heterocycles. The number of amides is 4. The fraction of sp³-hybridized carbons (Fsp3) is 0.314. The lowest BCUT2D eigenvalue weighted by molar-refractivity contribution is -0.138. The minimum Gasteiger partial charge on any atom is -0.339 e. The van der Waals surface area contributed by atoms with Crippen LogP contribution in [-0.2, 0) is 9.59 Å². The molecule has 0 radical (unpaired) electrons. The fourth-order valence-corrected chi connectivity index (χ4v) is 6.30. The molecular formula is C35H39N5O3S. The van der Waals surface area contributed by atoms with Crippen LogP contribution in [-0.4, -0.2) is 76.8 Å². The minimum absolute atomic E-state index is 0.0409. The zero-order valence-corrected chi connectivity index (χ0v) is 25.9. The van der Waals surface area contributed by atoms with E-state index in [0.29, 0.717) is 57.2 Å². The first-order valence-corrected chi connectivity index (χ1v) is 16.1. The van der Waals surface area contributed by atoms with Crippen molar-refractivity contribution in [3.05, 3.63) is 108 Å². The molecule has 228 valence electrons. The number of piperazine rings is 1. The fourth-order valence-electron chi connectivity index (χ4n) is 5.59. The van der Waals surface area contributed by atoms with E-state index in [1.165, 1.54) is 22.5 Å². The van der Waals surface area contributed by atoms with E-state index in [0.717, 1.165) is 17.7 Å². The second-order valence-corrected chi connectivity index (χ2v) is 11.8. The number of urea groups is 1. The zero-order chi connectivity index (χ0) is 30.7. The second kappa shape index (κ2) is 15.3. The van der Waals surface area contributed by atoms with E-state index >= 15 is 0 Å². The van der Waals surface area contributed by atoms with Crippen molar-refractivity contribution in [3.8, 4) is 11.3 Å². The van der Waals surface area contributed by atoms with Crippen molar-refractivity contribution in [3.63, 3.8) is 0 Å². The standard InChI is InChI=1S/C35H39N5O3S/c1-27(41)38-22-24-39(25-23-38)33(42)18-11-20-40(35(43)37-34-36-32(26-44-34)30-16-9-4-10-17-30)21-19-31(28-12-5-2-6-13-28)29-14-7-3-8-15-29/h2-10,12-17,26,31H,11,18-25H2,1H3,(H,36,37,43). The summed E-state index contributed by atoms with van der Waals surface area (Å²) in [5, 5.41) is 5.50. The van der Waals surface area contributed by atoms with Crippen molar-refractivity contribution >= 4 is 34.3 Å². The predicted molar refractivity (Wildman–Crippen MR) is 176 cm³/mol. The van der Waals surface area contributed by atoms with Gasteiger partial charge >= 0.3 is 6.03 Å². The predicted octanol–water partition coefficient (Wildman–Crippen LogP) is 6.34. The Morgan fingerprint density at radius 3 is 1.98 bits per heavy atom. The number of nitrogens with zero attached hydrogens (tertiary/aromatic N) is 4. The largest absolute Gasteiger partial charge is 0.339 e. The maximum atomic E-state index is 13.7. The highest BCUT2D eigenvalue weighted by atomic mass is 32.1. The van der Waals surface area contributed by atoms with Crippen molar-refractivity contribution in [1.29, 1.82) is 0 Å². The molecule has 44 heavy (non-hydrogen) atoms. The van der Waals surface area contributed by atoms with Gasteiger partial charge in [0.05, 0.1) is 5.69 Å². The molecule has 0 aliphatic carbocycles. The molecule has 0 bridgehead atoms. The van der Waals surface area contributed by atoms with Gasteiger partial charge in [0, 0.05) is 69.5 Å². The van der Waals surface area contributed by atoms with E-state index in [-0.39, 0.29) is 23.8 Å². The van der Waals surface area contributed by atoms with Crippen molar-refractivity contribution in [2.45, 2.75) is 32.1 Å². The van der Waals surface area contributed by atoms with Gasteiger partial charge in [0.2, 0.25) is 11.8 Å². The number of anilines is 1. The zero-order valence-electron chi connectivity index (χ0n) is 25.1. The van der Waals surface area contributed by atoms with Crippen molar-refractivity contribution in [2.24, 2.45) is 0 Å². The first-order valence-electron chi connectivity index (χ1n) is 15.2. The molecule has 0 atom stereocenters. The number of rotatable bonds is 11. The van der Waals surface area contributed by atoms with Gasteiger partial charge in [-0.25, -0.2) is 9.78 Å². The second-order valence-electron chi connectivity index (χ2n) is 11.0. The molecule has 1 N–H and O–H groups in total. The highest BCUT2D eigenvalue weighted by molar-refractivity contribution is 7.14. The van der Waals surface area contributed by atoms with Crippen LogP contribution in [0.15, 0.2) is 96.4 Å². The Bertz CT molecular complexity index is 1470. The third-order valence-corrected chi connectivity index (χ3v) is 8.82. The van der Waals surface area contributed by atoms with Crippen LogP contribution in [0.1, 0.15) is 43.2 Å². The molecule has 1 aromatic heterocycles. The van der Waals surface area contributed by atoms with Gasteiger partial charge in [0.15, 0.2) is 5.13 Å². The van der Waals surface area contributed by atoms with Crippen LogP contribution < -0.4 is 5.32 Å². The van der Waals surface area contributed by atoms with Gasteiger partial charge in [-0.2, -0.15) is 0 Å². The van der Waals surface area contributed by atoms with Gasteiger partial charge in [-0.3, -0.25) is 14.9 Å². The molecule has 4 aromatic rings. The Morgan fingerprint density at radius 2 is 1.39 bits per heavy atom. The average molecular weight is 610 g/mol. The van der Waals surface area contributed by atoms with Crippen molar-refractivity contribution in [2.75, 3.05) is 44.6 Å².